The highest BCUT2D eigenvalue weighted by Crippen LogP contribution is 2.46. The second kappa shape index (κ2) is 13.6. The standard InChI is InChI=1S/C57H34N4O/c1-4-14-35(15-5-1)36-26-28-38(29-27-36)56-58-55(37-16-6-2-7-17-37)59-57(60-56)46-24-12-23-45-47-32-39(30-31-51(47)62-54(45)46)40-33-48-43-21-11-10-20-42(43)44-22-13-25-49-52(44)53(48)50(34-40)61(49)41-18-8-3-9-19-41/h1-34H. The second-order valence-corrected chi connectivity index (χ2v) is 15.9. The molecule has 0 fully saturated rings. The fourth-order valence-electron chi connectivity index (χ4n) is 9.53. The highest BCUT2D eigenvalue weighted by Gasteiger charge is 2.22. The first kappa shape index (κ1) is 34.5. The minimum atomic E-state index is 0.558. The quantitative estimate of drug-likeness (QED) is 0.157. The maximum Gasteiger partial charge on any atom is 0.167 e. The molecule has 0 bridgehead atoms. The number of para-hydroxylation sites is 2. The van der Waals surface area contributed by atoms with Crippen molar-refractivity contribution in [1.82, 2.24) is 19.5 Å². The Balaban J connectivity index is 0.989. The molecule has 0 radical (unpaired) electrons. The SMILES string of the molecule is c1ccc(-c2ccc(-c3nc(-c4ccccc4)nc(-c4cccc5c4oc4ccc(-c6cc7c8ccccc8c8cccc9c8c7c(c6)n9-c6ccccc6)cc45)n3)cc2)cc1. The molecule has 0 aliphatic carbocycles. The zero-order valence-electron chi connectivity index (χ0n) is 33.3. The van der Waals surface area contributed by atoms with Crippen LogP contribution in [0.2, 0.25) is 0 Å². The molecule has 13 aromatic rings. The first-order chi connectivity index (χ1) is 30.7. The molecule has 0 amide bonds. The van der Waals surface area contributed by atoms with Gasteiger partial charge in [0.05, 0.1) is 16.6 Å². The summed E-state index contributed by atoms with van der Waals surface area (Å²) in [6, 6.07) is 72.7. The zero-order chi connectivity index (χ0) is 40.7. The smallest absolute Gasteiger partial charge is 0.167 e. The molecule has 5 nitrogen and oxygen atoms in total. The van der Waals surface area contributed by atoms with Gasteiger partial charge in [-0.15, -0.1) is 0 Å². The highest BCUT2D eigenvalue weighted by molar-refractivity contribution is 6.35. The number of rotatable bonds is 6. The van der Waals surface area contributed by atoms with E-state index in [9.17, 15) is 0 Å². The normalized spacial score (nSPS) is 11.9. The van der Waals surface area contributed by atoms with Crippen molar-refractivity contribution in [1.29, 1.82) is 0 Å². The summed E-state index contributed by atoms with van der Waals surface area (Å²) >= 11 is 0. The Morgan fingerprint density at radius 2 is 0.855 bits per heavy atom. The van der Waals surface area contributed by atoms with Crippen molar-refractivity contribution < 1.29 is 4.42 Å². The van der Waals surface area contributed by atoms with Gasteiger partial charge in [-0.05, 0) is 92.3 Å². The van der Waals surface area contributed by atoms with Crippen LogP contribution in [0.3, 0.4) is 0 Å². The Kier molecular flexibility index (Phi) is 7.54. The van der Waals surface area contributed by atoms with Gasteiger partial charge in [0, 0.05) is 38.4 Å². The number of furan rings is 1. The number of benzene rings is 10. The minimum absolute atomic E-state index is 0.558. The highest BCUT2D eigenvalue weighted by atomic mass is 16.3. The van der Waals surface area contributed by atoms with Gasteiger partial charge in [-0.1, -0.05) is 158 Å². The van der Waals surface area contributed by atoms with Gasteiger partial charge in [-0.3, -0.25) is 0 Å². The third-order valence-corrected chi connectivity index (χ3v) is 12.4. The van der Waals surface area contributed by atoms with E-state index >= 15 is 0 Å². The summed E-state index contributed by atoms with van der Waals surface area (Å²) < 4.78 is 9.19. The number of hydrogen-bond donors (Lipinski definition) is 0. The summed E-state index contributed by atoms with van der Waals surface area (Å²) in [7, 11) is 0. The van der Waals surface area contributed by atoms with Crippen molar-refractivity contribution in [3.63, 3.8) is 0 Å². The zero-order valence-corrected chi connectivity index (χ0v) is 33.3. The van der Waals surface area contributed by atoms with Crippen molar-refractivity contribution >= 4 is 65.3 Å². The number of aromatic nitrogens is 4. The average Bonchev–Trinajstić information content (AvgIpc) is 3.90. The molecular formula is C57H34N4O. The molecule has 3 heterocycles. The van der Waals surface area contributed by atoms with Crippen LogP contribution < -0.4 is 0 Å². The molecule has 5 heteroatoms. The molecule has 0 saturated heterocycles. The average molecular weight is 791 g/mol. The van der Waals surface area contributed by atoms with E-state index in [-0.39, 0.29) is 0 Å². The van der Waals surface area contributed by atoms with E-state index in [2.05, 4.69) is 168 Å². The predicted octanol–water partition coefficient (Wildman–Crippen LogP) is 14.9. The fourth-order valence-corrected chi connectivity index (χ4v) is 9.53. The lowest BCUT2D eigenvalue weighted by atomic mass is 9.92. The lowest BCUT2D eigenvalue weighted by Gasteiger charge is -2.11. The number of fused-ring (bicyclic) bond motifs is 6. The first-order valence-electron chi connectivity index (χ1n) is 20.9. The maximum absolute atomic E-state index is 6.77. The van der Waals surface area contributed by atoms with E-state index in [1.165, 1.54) is 43.4 Å². The molecule has 10 aromatic carbocycles. The topological polar surface area (TPSA) is 56.7 Å². The van der Waals surface area contributed by atoms with Gasteiger partial charge in [0.25, 0.3) is 0 Å². The Morgan fingerprint density at radius 3 is 1.61 bits per heavy atom. The molecule has 0 saturated carbocycles. The summed E-state index contributed by atoms with van der Waals surface area (Å²) in [5, 5.41) is 9.68. The third kappa shape index (κ3) is 5.32. The summed E-state index contributed by atoms with van der Waals surface area (Å²) in [5.41, 5.74) is 12.3. The molecule has 62 heavy (non-hydrogen) atoms. The van der Waals surface area contributed by atoms with Crippen LogP contribution in [0.25, 0.3) is 127 Å². The van der Waals surface area contributed by atoms with Crippen molar-refractivity contribution in [2.24, 2.45) is 0 Å². The van der Waals surface area contributed by atoms with Gasteiger partial charge in [0.1, 0.15) is 11.2 Å². The van der Waals surface area contributed by atoms with Crippen LogP contribution in [0.1, 0.15) is 0 Å². The van der Waals surface area contributed by atoms with Crippen LogP contribution in [-0.2, 0) is 0 Å². The lowest BCUT2D eigenvalue weighted by molar-refractivity contribution is 0.669. The molecule has 0 atom stereocenters. The molecule has 0 aliphatic heterocycles. The van der Waals surface area contributed by atoms with Gasteiger partial charge < -0.3 is 8.98 Å². The van der Waals surface area contributed by atoms with Crippen molar-refractivity contribution in [3.8, 4) is 62.1 Å². The number of hydrogen-bond acceptors (Lipinski definition) is 4. The molecule has 288 valence electrons. The van der Waals surface area contributed by atoms with Gasteiger partial charge in [-0.25, -0.2) is 15.0 Å². The van der Waals surface area contributed by atoms with E-state index in [1.54, 1.807) is 0 Å². The van der Waals surface area contributed by atoms with E-state index < -0.39 is 0 Å². The van der Waals surface area contributed by atoms with Crippen LogP contribution in [0.5, 0.6) is 0 Å². The van der Waals surface area contributed by atoms with E-state index in [1.807, 2.05) is 42.5 Å². The van der Waals surface area contributed by atoms with Crippen molar-refractivity contribution in [2.75, 3.05) is 0 Å². The molecule has 0 aliphatic rings. The van der Waals surface area contributed by atoms with Crippen LogP contribution in [0, 0.1) is 0 Å². The molecular weight excluding hydrogens is 757 g/mol. The number of nitrogens with zero attached hydrogens (tertiary/aromatic N) is 4. The molecule has 3 aromatic heterocycles. The van der Waals surface area contributed by atoms with Crippen molar-refractivity contribution in [2.45, 2.75) is 0 Å². The Bertz CT molecular complexity index is 3830. The third-order valence-electron chi connectivity index (χ3n) is 12.4. The molecule has 0 N–H and O–H groups in total. The van der Waals surface area contributed by atoms with E-state index in [4.69, 9.17) is 19.4 Å². The first-order valence-corrected chi connectivity index (χ1v) is 20.9. The maximum atomic E-state index is 6.77. The monoisotopic (exact) mass is 790 g/mol. The Labute approximate surface area is 356 Å². The van der Waals surface area contributed by atoms with Crippen molar-refractivity contribution in [3.05, 3.63) is 206 Å². The molecule has 13 rings (SSSR count). The Morgan fingerprint density at radius 1 is 0.323 bits per heavy atom. The van der Waals surface area contributed by atoms with E-state index in [0.29, 0.717) is 17.5 Å². The summed E-state index contributed by atoms with van der Waals surface area (Å²) in [6.07, 6.45) is 0. The summed E-state index contributed by atoms with van der Waals surface area (Å²) in [6.45, 7) is 0. The fraction of sp³-hybridized carbons (Fsp3) is 0. The summed E-state index contributed by atoms with van der Waals surface area (Å²) in [4.78, 5) is 15.2. The van der Waals surface area contributed by atoms with E-state index in [0.717, 1.165) is 66.6 Å². The lowest BCUT2D eigenvalue weighted by Crippen LogP contribution is -2.00. The largest absolute Gasteiger partial charge is 0.455 e. The Hall–Kier alpha value is -8.41. The molecule has 0 spiro atoms. The van der Waals surface area contributed by atoms with Crippen LogP contribution >= 0.6 is 0 Å². The second-order valence-electron chi connectivity index (χ2n) is 15.9. The van der Waals surface area contributed by atoms with Crippen LogP contribution in [0.15, 0.2) is 211 Å². The van der Waals surface area contributed by atoms with Gasteiger partial charge in [-0.2, -0.15) is 0 Å². The van der Waals surface area contributed by atoms with Gasteiger partial charge in [0.2, 0.25) is 0 Å². The van der Waals surface area contributed by atoms with Crippen LogP contribution in [0.4, 0.5) is 0 Å². The van der Waals surface area contributed by atoms with Gasteiger partial charge >= 0.3 is 0 Å². The predicted molar refractivity (Wildman–Crippen MR) is 255 cm³/mol. The van der Waals surface area contributed by atoms with Gasteiger partial charge in [0.15, 0.2) is 17.5 Å². The minimum Gasteiger partial charge on any atom is -0.455 e. The summed E-state index contributed by atoms with van der Waals surface area (Å²) in [5.74, 6) is 1.76. The van der Waals surface area contributed by atoms with Crippen LogP contribution in [-0.4, -0.2) is 19.5 Å². The molecule has 0 unspecified atom stereocenters.